The van der Waals surface area contributed by atoms with Crippen molar-refractivity contribution in [1.29, 1.82) is 0 Å². The molecule has 3 unspecified atom stereocenters. The standard InChI is InChI=1S/C19H25N3O3/c23-17-9-12-24-13-15(17)16-7-4-10-22(16)11-8-18-20-19(21-25-18)14-5-2-1-3-6-14/h1-3,5-6,15-17,23H,4,7-13H2. The van der Waals surface area contributed by atoms with Crippen LogP contribution in [-0.4, -0.2) is 58.6 Å². The van der Waals surface area contributed by atoms with Crippen molar-refractivity contribution in [2.24, 2.45) is 5.92 Å². The summed E-state index contributed by atoms with van der Waals surface area (Å²) in [6.07, 6.45) is 3.54. The number of hydrogen-bond acceptors (Lipinski definition) is 6. The van der Waals surface area contributed by atoms with Crippen molar-refractivity contribution < 1.29 is 14.4 Å². The molecular formula is C19H25N3O3. The van der Waals surface area contributed by atoms with Crippen LogP contribution in [0.3, 0.4) is 0 Å². The largest absolute Gasteiger partial charge is 0.393 e. The highest BCUT2D eigenvalue weighted by Gasteiger charge is 2.37. The smallest absolute Gasteiger partial charge is 0.228 e. The van der Waals surface area contributed by atoms with Gasteiger partial charge in [-0.1, -0.05) is 35.5 Å². The highest BCUT2D eigenvalue weighted by molar-refractivity contribution is 5.53. The van der Waals surface area contributed by atoms with Crippen LogP contribution in [0, 0.1) is 5.92 Å². The van der Waals surface area contributed by atoms with Gasteiger partial charge < -0.3 is 14.4 Å². The molecule has 0 radical (unpaired) electrons. The van der Waals surface area contributed by atoms with E-state index >= 15 is 0 Å². The first-order valence-corrected chi connectivity index (χ1v) is 9.19. The van der Waals surface area contributed by atoms with Crippen LogP contribution in [0.1, 0.15) is 25.2 Å². The maximum atomic E-state index is 10.3. The molecule has 2 aliphatic heterocycles. The predicted octanol–water partition coefficient (Wildman–Crippen LogP) is 2.14. The zero-order chi connectivity index (χ0) is 17.1. The van der Waals surface area contributed by atoms with Crippen LogP contribution in [0.2, 0.25) is 0 Å². The lowest BCUT2D eigenvalue weighted by atomic mass is 9.89. The fraction of sp³-hybridized carbons (Fsp3) is 0.579. The molecule has 3 heterocycles. The molecule has 6 nitrogen and oxygen atoms in total. The average Bonchev–Trinajstić information content (AvgIpc) is 3.30. The van der Waals surface area contributed by atoms with Gasteiger partial charge in [0, 0.05) is 37.1 Å². The maximum Gasteiger partial charge on any atom is 0.228 e. The van der Waals surface area contributed by atoms with E-state index in [9.17, 15) is 5.11 Å². The van der Waals surface area contributed by atoms with Crippen molar-refractivity contribution >= 4 is 0 Å². The molecule has 1 N–H and O–H groups in total. The molecule has 0 bridgehead atoms. The van der Waals surface area contributed by atoms with Crippen LogP contribution in [0.15, 0.2) is 34.9 Å². The molecular weight excluding hydrogens is 318 g/mol. The van der Waals surface area contributed by atoms with Crippen LogP contribution in [-0.2, 0) is 11.2 Å². The third-order valence-electron chi connectivity index (χ3n) is 5.38. The summed E-state index contributed by atoms with van der Waals surface area (Å²) in [6, 6.07) is 10.3. The number of hydrogen-bond donors (Lipinski definition) is 1. The molecule has 3 atom stereocenters. The molecule has 0 aliphatic carbocycles. The van der Waals surface area contributed by atoms with Crippen molar-refractivity contribution in [2.45, 2.75) is 37.8 Å². The van der Waals surface area contributed by atoms with Crippen molar-refractivity contribution in [1.82, 2.24) is 15.0 Å². The minimum absolute atomic E-state index is 0.221. The van der Waals surface area contributed by atoms with Gasteiger partial charge in [0.15, 0.2) is 0 Å². The number of nitrogens with zero attached hydrogens (tertiary/aromatic N) is 3. The number of benzene rings is 1. The van der Waals surface area contributed by atoms with Gasteiger partial charge in [-0.2, -0.15) is 4.98 Å². The number of ether oxygens (including phenoxy) is 1. The summed E-state index contributed by atoms with van der Waals surface area (Å²) >= 11 is 0. The summed E-state index contributed by atoms with van der Waals surface area (Å²) in [5, 5.41) is 14.4. The van der Waals surface area contributed by atoms with Crippen molar-refractivity contribution in [2.75, 3.05) is 26.3 Å². The molecule has 25 heavy (non-hydrogen) atoms. The Kier molecular flexibility index (Phi) is 5.10. The summed E-state index contributed by atoms with van der Waals surface area (Å²) in [6.45, 7) is 3.29. The van der Waals surface area contributed by atoms with Crippen LogP contribution in [0.4, 0.5) is 0 Å². The summed E-state index contributed by atoms with van der Waals surface area (Å²) in [5.41, 5.74) is 0.971. The molecule has 2 aliphatic rings. The number of likely N-dealkylation sites (tertiary alicyclic amines) is 1. The van der Waals surface area contributed by atoms with Crippen LogP contribution in [0.5, 0.6) is 0 Å². The first kappa shape index (κ1) is 16.7. The minimum atomic E-state index is -0.243. The van der Waals surface area contributed by atoms with Gasteiger partial charge in [0.05, 0.1) is 12.7 Å². The molecule has 2 fully saturated rings. The van der Waals surface area contributed by atoms with E-state index < -0.39 is 0 Å². The third-order valence-corrected chi connectivity index (χ3v) is 5.38. The fourth-order valence-corrected chi connectivity index (χ4v) is 4.03. The fourth-order valence-electron chi connectivity index (χ4n) is 4.03. The van der Waals surface area contributed by atoms with E-state index in [-0.39, 0.29) is 12.0 Å². The number of aromatic nitrogens is 2. The molecule has 2 saturated heterocycles. The van der Waals surface area contributed by atoms with Crippen LogP contribution >= 0.6 is 0 Å². The normalized spacial score (nSPS) is 27.6. The predicted molar refractivity (Wildman–Crippen MR) is 93.0 cm³/mol. The first-order valence-electron chi connectivity index (χ1n) is 9.19. The Hall–Kier alpha value is -1.76. The van der Waals surface area contributed by atoms with E-state index in [1.54, 1.807) is 0 Å². The monoisotopic (exact) mass is 343 g/mol. The van der Waals surface area contributed by atoms with Crippen molar-refractivity contribution in [3.05, 3.63) is 36.2 Å². The highest BCUT2D eigenvalue weighted by Crippen LogP contribution is 2.30. The second kappa shape index (κ2) is 7.64. The van der Waals surface area contributed by atoms with Gasteiger partial charge in [-0.15, -0.1) is 0 Å². The Bertz CT molecular complexity index is 676. The molecule has 6 heteroatoms. The average molecular weight is 343 g/mol. The van der Waals surface area contributed by atoms with Crippen LogP contribution < -0.4 is 0 Å². The molecule has 0 saturated carbocycles. The van der Waals surface area contributed by atoms with Gasteiger partial charge in [0.25, 0.3) is 0 Å². The van der Waals surface area contributed by atoms with E-state index in [0.717, 1.165) is 37.9 Å². The maximum absolute atomic E-state index is 10.3. The Balaban J connectivity index is 1.37. The van der Waals surface area contributed by atoms with E-state index in [2.05, 4.69) is 15.0 Å². The number of aliphatic hydroxyl groups is 1. The zero-order valence-corrected chi connectivity index (χ0v) is 14.4. The topological polar surface area (TPSA) is 71.6 Å². The van der Waals surface area contributed by atoms with Gasteiger partial charge in [-0.3, -0.25) is 4.90 Å². The molecule has 1 aromatic carbocycles. The van der Waals surface area contributed by atoms with E-state index in [1.165, 1.54) is 6.42 Å². The first-order chi connectivity index (χ1) is 12.3. The Morgan fingerprint density at radius 1 is 1.20 bits per heavy atom. The Morgan fingerprint density at radius 3 is 2.92 bits per heavy atom. The van der Waals surface area contributed by atoms with E-state index in [1.807, 2.05) is 30.3 Å². The molecule has 4 rings (SSSR count). The summed E-state index contributed by atoms with van der Waals surface area (Å²) in [4.78, 5) is 6.97. The number of rotatable bonds is 5. The number of aliphatic hydroxyl groups excluding tert-OH is 1. The van der Waals surface area contributed by atoms with Gasteiger partial charge in [0.1, 0.15) is 0 Å². The van der Waals surface area contributed by atoms with E-state index in [0.29, 0.717) is 31.0 Å². The lowest BCUT2D eigenvalue weighted by Crippen LogP contribution is -2.46. The molecule has 1 aromatic heterocycles. The lowest BCUT2D eigenvalue weighted by Gasteiger charge is -2.36. The SMILES string of the molecule is OC1CCOCC1C1CCCN1CCc1nc(-c2ccccc2)no1. The molecule has 134 valence electrons. The summed E-state index contributed by atoms with van der Waals surface area (Å²) < 4.78 is 11.0. The van der Waals surface area contributed by atoms with Gasteiger partial charge >= 0.3 is 0 Å². The summed E-state index contributed by atoms with van der Waals surface area (Å²) in [7, 11) is 0. The highest BCUT2D eigenvalue weighted by atomic mass is 16.5. The third kappa shape index (κ3) is 3.76. The van der Waals surface area contributed by atoms with E-state index in [4.69, 9.17) is 9.26 Å². The van der Waals surface area contributed by atoms with Gasteiger partial charge in [0.2, 0.25) is 11.7 Å². The van der Waals surface area contributed by atoms with Crippen LogP contribution in [0.25, 0.3) is 11.4 Å². The summed E-state index contributed by atoms with van der Waals surface area (Å²) in [5.74, 6) is 1.54. The Labute approximate surface area is 147 Å². The minimum Gasteiger partial charge on any atom is -0.393 e. The molecule has 2 aromatic rings. The zero-order valence-electron chi connectivity index (χ0n) is 14.4. The second-order valence-corrected chi connectivity index (χ2v) is 6.97. The molecule has 0 amide bonds. The van der Waals surface area contributed by atoms with Crippen molar-refractivity contribution in [3.63, 3.8) is 0 Å². The van der Waals surface area contributed by atoms with Crippen molar-refractivity contribution in [3.8, 4) is 11.4 Å². The lowest BCUT2D eigenvalue weighted by molar-refractivity contribution is -0.0625. The second-order valence-electron chi connectivity index (χ2n) is 6.97. The Morgan fingerprint density at radius 2 is 2.08 bits per heavy atom. The molecule has 0 spiro atoms. The van der Waals surface area contributed by atoms with Gasteiger partial charge in [-0.25, -0.2) is 0 Å². The van der Waals surface area contributed by atoms with Gasteiger partial charge in [-0.05, 0) is 25.8 Å². The quantitative estimate of drug-likeness (QED) is 0.897.